The van der Waals surface area contributed by atoms with E-state index in [4.69, 9.17) is 4.74 Å². The van der Waals surface area contributed by atoms with Gasteiger partial charge in [0.15, 0.2) is 0 Å². The summed E-state index contributed by atoms with van der Waals surface area (Å²) >= 11 is 0. The molecule has 2 aromatic heterocycles. The molecule has 0 saturated heterocycles. The quantitative estimate of drug-likeness (QED) is 0.781. The summed E-state index contributed by atoms with van der Waals surface area (Å²) in [5, 5.41) is 2.63. The van der Waals surface area contributed by atoms with Gasteiger partial charge in [-0.25, -0.2) is 14.4 Å². The molecular formula is C17H13FN4O2. The maximum Gasteiger partial charge on any atom is 0.258 e. The van der Waals surface area contributed by atoms with Crippen LogP contribution >= 0.6 is 0 Å². The fraction of sp³-hybridized carbons (Fsp3) is 0.0588. The standard InChI is InChI=1S/C17H13FN4O2/c18-15-6-2-1-4-12(15)8-21-16(23)14-10-20-11-22-17(14)24-13-5-3-7-19-9-13/h1-7,9-11H,8H2,(H,21,23). The predicted molar refractivity (Wildman–Crippen MR) is 83.9 cm³/mol. The van der Waals surface area contributed by atoms with Crippen LogP contribution < -0.4 is 10.1 Å². The van der Waals surface area contributed by atoms with Gasteiger partial charge in [-0.3, -0.25) is 9.78 Å². The average Bonchev–Trinajstić information content (AvgIpc) is 2.62. The van der Waals surface area contributed by atoms with Crippen molar-refractivity contribution in [3.63, 3.8) is 0 Å². The van der Waals surface area contributed by atoms with E-state index in [0.717, 1.165) is 0 Å². The Morgan fingerprint density at radius 3 is 2.79 bits per heavy atom. The fourth-order valence-corrected chi connectivity index (χ4v) is 1.99. The van der Waals surface area contributed by atoms with E-state index in [1.165, 1.54) is 24.8 Å². The van der Waals surface area contributed by atoms with Gasteiger partial charge in [0.1, 0.15) is 23.5 Å². The molecule has 120 valence electrons. The number of nitrogens with one attached hydrogen (secondary N) is 1. The molecule has 2 heterocycles. The molecule has 3 rings (SSSR count). The Balaban J connectivity index is 1.74. The van der Waals surface area contributed by atoms with E-state index >= 15 is 0 Å². The largest absolute Gasteiger partial charge is 0.436 e. The van der Waals surface area contributed by atoms with E-state index in [1.807, 2.05) is 0 Å². The normalized spacial score (nSPS) is 10.2. The van der Waals surface area contributed by atoms with E-state index in [1.54, 1.807) is 36.5 Å². The minimum Gasteiger partial charge on any atom is -0.436 e. The predicted octanol–water partition coefficient (Wildman–Crippen LogP) is 2.73. The van der Waals surface area contributed by atoms with Gasteiger partial charge in [-0.2, -0.15) is 0 Å². The molecule has 1 aromatic carbocycles. The molecule has 3 aromatic rings. The van der Waals surface area contributed by atoms with Crippen LogP contribution in [-0.4, -0.2) is 20.9 Å². The zero-order chi connectivity index (χ0) is 16.8. The molecular weight excluding hydrogens is 311 g/mol. The maximum absolute atomic E-state index is 13.6. The highest BCUT2D eigenvalue weighted by atomic mass is 19.1. The lowest BCUT2D eigenvalue weighted by molar-refractivity contribution is 0.0947. The van der Waals surface area contributed by atoms with Gasteiger partial charge in [-0.1, -0.05) is 18.2 Å². The lowest BCUT2D eigenvalue weighted by Gasteiger charge is -2.10. The molecule has 0 radical (unpaired) electrons. The Morgan fingerprint density at radius 2 is 2.00 bits per heavy atom. The van der Waals surface area contributed by atoms with Crippen LogP contribution in [0.1, 0.15) is 15.9 Å². The van der Waals surface area contributed by atoms with Gasteiger partial charge in [0.05, 0.1) is 6.20 Å². The summed E-state index contributed by atoms with van der Waals surface area (Å²) in [4.78, 5) is 24.1. The topological polar surface area (TPSA) is 77.0 Å². The molecule has 0 unspecified atom stereocenters. The number of halogens is 1. The molecule has 0 bridgehead atoms. The molecule has 0 aliphatic heterocycles. The van der Waals surface area contributed by atoms with E-state index < -0.39 is 5.91 Å². The number of amides is 1. The number of rotatable bonds is 5. The molecule has 1 N–H and O–H groups in total. The Morgan fingerprint density at radius 1 is 1.12 bits per heavy atom. The van der Waals surface area contributed by atoms with Crippen LogP contribution in [0.4, 0.5) is 4.39 Å². The number of aromatic nitrogens is 3. The number of carbonyl (C=O) groups is 1. The first-order valence-electron chi connectivity index (χ1n) is 7.13. The summed E-state index contributed by atoms with van der Waals surface area (Å²) in [6, 6.07) is 9.62. The van der Waals surface area contributed by atoms with Crippen molar-refractivity contribution >= 4 is 5.91 Å². The zero-order valence-electron chi connectivity index (χ0n) is 12.5. The van der Waals surface area contributed by atoms with E-state index in [-0.39, 0.29) is 23.8 Å². The Labute approximate surface area is 137 Å². The molecule has 0 aliphatic carbocycles. The molecule has 0 atom stereocenters. The molecule has 0 aliphatic rings. The van der Waals surface area contributed by atoms with Gasteiger partial charge in [-0.05, 0) is 18.2 Å². The van der Waals surface area contributed by atoms with Gasteiger partial charge in [-0.15, -0.1) is 0 Å². The lowest BCUT2D eigenvalue weighted by atomic mass is 10.2. The number of carbonyl (C=O) groups excluding carboxylic acids is 1. The Hall–Kier alpha value is -3.35. The van der Waals surface area contributed by atoms with Crippen LogP contribution in [0.2, 0.25) is 0 Å². The minimum absolute atomic E-state index is 0.0483. The van der Waals surface area contributed by atoms with Crippen molar-refractivity contribution in [1.82, 2.24) is 20.3 Å². The van der Waals surface area contributed by atoms with Gasteiger partial charge >= 0.3 is 0 Å². The summed E-state index contributed by atoms with van der Waals surface area (Å²) in [7, 11) is 0. The van der Waals surface area contributed by atoms with Crippen molar-refractivity contribution in [2.45, 2.75) is 6.54 Å². The monoisotopic (exact) mass is 324 g/mol. The Bertz CT molecular complexity index is 843. The lowest BCUT2D eigenvalue weighted by Crippen LogP contribution is -2.24. The third kappa shape index (κ3) is 3.70. The molecule has 24 heavy (non-hydrogen) atoms. The second kappa shape index (κ2) is 7.28. The molecule has 0 fully saturated rings. The highest BCUT2D eigenvalue weighted by Gasteiger charge is 2.15. The average molecular weight is 324 g/mol. The van der Waals surface area contributed by atoms with Gasteiger partial charge < -0.3 is 10.1 Å². The third-order valence-electron chi connectivity index (χ3n) is 3.17. The van der Waals surface area contributed by atoms with E-state index in [2.05, 4.69) is 20.3 Å². The second-order valence-electron chi connectivity index (χ2n) is 4.81. The zero-order valence-corrected chi connectivity index (χ0v) is 12.5. The van der Waals surface area contributed by atoms with Crippen LogP contribution in [0.5, 0.6) is 11.6 Å². The SMILES string of the molecule is O=C(NCc1ccccc1F)c1cncnc1Oc1cccnc1. The number of nitrogens with zero attached hydrogens (tertiary/aromatic N) is 3. The Kier molecular flexibility index (Phi) is 4.71. The summed E-state index contributed by atoms with van der Waals surface area (Å²) in [6.45, 7) is 0.0483. The number of hydrogen-bond acceptors (Lipinski definition) is 5. The maximum atomic E-state index is 13.6. The van der Waals surface area contributed by atoms with Crippen LogP contribution in [0.15, 0.2) is 61.3 Å². The number of hydrogen-bond donors (Lipinski definition) is 1. The molecule has 7 heteroatoms. The summed E-state index contributed by atoms with van der Waals surface area (Å²) < 4.78 is 19.2. The summed E-state index contributed by atoms with van der Waals surface area (Å²) in [5.74, 6) is -0.296. The van der Waals surface area contributed by atoms with Crippen molar-refractivity contribution in [2.24, 2.45) is 0 Å². The minimum atomic E-state index is -0.460. The van der Waals surface area contributed by atoms with Crippen molar-refractivity contribution in [1.29, 1.82) is 0 Å². The highest BCUT2D eigenvalue weighted by molar-refractivity contribution is 5.96. The van der Waals surface area contributed by atoms with Crippen molar-refractivity contribution < 1.29 is 13.9 Å². The first-order chi connectivity index (χ1) is 11.7. The van der Waals surface area contributed by atoms with Gasteiger partial charge in [0.2, 0.25) is 5.88 Å². The van der Waals surface area contributed by atoms with Crippen LogP contribution in [0.3, 0.4) is 0 Å². The van der Waals surface area contributed by atoms with Crippen molar-refractivity contribution in [2.75, 3.05) is 0 Å². The van der Waals surface area contributed by atoms with Gasteiger partial charge in [0.25, 0.3) is 5.91 Å². The number of ether oxygens (including phenoxy) is 1. The molecule has 0 spiro atoms. The van der Waals surface area contributed by atoms with Gasteiger partial charge in [0, 0.05) is 24.5 Å². The van der Waals surface area contributed by atoms with E-state index in [9.17, 15) is 9.18 Å². The third-order valence-corrected chi connectivity index (χ3v) is 3.17. The second-order valence-corrected chi connectivity index (χ2v) is 4.81. The fourth-order valence-electron chi connectivity index (χ4n) is 1.99. The van der Waals surface area contributed by atoms with E-state index in [0.29, 0.717) is 11.3 Å². The summed E-state index contributed by atoms with van der Waals surface area (Å²) in [6.07, 6.45) is 5.73. The number of pyridine rings is 1. The van der Waals surface area contributed by atoms with Crippen LogP contribution in [-0.2, 0) is 6.54 Å². The first-order valence-corrected chi connectivity index (χ1v) is 7.13. The molecule has 6 nitrogen and oxygen atoms in total. The molecule has 0 saturated carbocycles. The number of benzene rings is 1. The van der Waals surface area contributed by atoms with Crippen molar-refractivity contribution in [3.05, 3.63) is 78.3 Å². The smallest absolute Gasteiger partial charge is 0.258 e. The highest BCUT2D eigenvalue weighted by Crippen LogP contribution is 2.21. The first kappa shape index (κ1) is 15.5. The molecule has 1 amide bonds. The summed E-state index contributed by atoms with van der Waals surface area (Å²) in [5.41, 5.74) is 0.537. The van der Waals surface area contributed by atoms with Crippen LogP contribution in [0, 0.1) is 5.82 Å². The van der Waals surface area contributed by atoms with Crippen molar-refractivity contribution in [3.8, 4) is 11.6 Å². The van der Waals surface area contributed by atoms with Crippen LogP contribution in [0.25, 0.3) is 0 Å².